The first-order valence-corrected chi connectivity index (χ1v) is 7.56. The summed E-state index contributed by atoms with van der Waals surface area (Å²) in [5.41, 5.74) is -0.627. The van der Waals surface area contributed by atoms with E-state index in [0.717, 1.165) is 17.8 Å². The molecule has 1 unspecified atom stereocenters. The van der Waals surface area contributed by atoms with E-state index in [-0.39, 0.29) is 22.4 Å². The Kier molecular flexibility index (Phi) is 4.98. The SMILES string of the molecule is O=C1C=C(O)CC(CCSc2ccccc2C(F)(F)F)C1. The molecule has 2 rings (SSSR count). The molecule has 21 heavy (non-hydrogen) atoms. The Labute approximate surface area is 125 Å². The van der Waals surface area contributed by atoms with Gasteiger partial charge in [0.1, 0.15) is 0 Å². The van der Waals surface area contributed by atoms with Crippen LogP contribution in [0.1, 0.15) is 24.8 Å². The van der Waals surface area contributed by atoms with Gasteiger partial charge in [0.05, 0.1) is 11.3 Å². The van der Waals surface area contributed by atoms with Gasteiger partial charge in [-0.15, -0.1) is 11.8 Å². The van der Waals surface area contributed by atoms with Crippen molar-refractivity contribution in [1.82, 2.24) is 0 Å². The largest absolute Gasteiger partial charge is 0.512 e. The van der Waals surface area contributed by atoms with Crippen molar-refractivity contribution in [2.24, 2.45) is 5.92 Å². The number of thioether (sulfide) groups is 1. The van der Waals surface area contributed by atoms with Crippen molar-refractivity contribution < 1.29 is 23.1 Å². The van der Waals surface area contributed by atoms with Crippen LogP contribution >= 0.6 is 11.8 Å². The summed E-state index contributed by atoms with van der Waals surface area (Å²) < 4.78 is 38.5. The summed E-state index contributed by atoms with van der Waals surface area (Å²) in [7, 11) is 0. The van der Waals surface area contributed by atoms with Gasteiger partial charge in [-0.3, -0.25) is 4.79 Å². The van der Waals surface area contributed by atoms with Gasteiger partial charge in [-0.1, -0.05) is 12.1 Å². The first-order valence-electron chi connectivity index (χ1n) is 6.57. The summed E-state index contributed by atoms with van der Waals surface area (Å²) >= 11 is 1.14. The van der Waals surface area contributed by atoms with E-state index in [1.54, 1.807) is 6.07 Å². The molecule has 0 saturated heterocycles. The van der Waals surface area contributed by atoms with E-state index >= 15 is 0 Å². The van der Waals surface area contributed by atoms with E-state index in [9.17, 15) is 23.1 Å². The number of aliphatic hydroxyl groups is 1. The second-order valence-electron chi connectivity index (χ2n) is 5.01. The van der Waals surface area contributed by atoms with Gasteiger partial charge in [-0.25, -0.2) is 0 Å². The minimum atomic E-state index is -4.36. The summed E-state index contributed by atoms with van der Waals surface area (Å²) in [6.45, 7) is 0. The lowest BCUT2D eigenvalue weighted by molar-refractivity contribution is -0.139. The summed E-state index contributed by atoms with van der Waals surface area (Å²) in [4.78, 5) is 11.5. The molecule has 0 heterocycles. The third kappa shape index (κ3) is 4.52. The zero-order valence-electron chi connectivity index (χ0n) is 11.2. The Bertz CT molecular complexity index is 552. The molecule has 0 amide bonds. The fourth-order valence-corrected chi connectivity index (χ4v) is 3.51. The highest BCUT2D eigenvalue weighted by molar-refractivity contribution is 7.99. The van der Waals surface area contributed by atoms with Gasteiger partial charge < -0.3 is 5.11 Å². The van der Waals surface area contributed by atoms with Crippen molar-refractivity contribution in [2.75, 3.05) is 5.75 Å². The van der Waals surface area contributed by atoms with Gasteiger partial charge in [0.2, 0.25) is 0 Å². The van der Waals surface area contributed by atoms with E-state index in [4.69, 9.17) is 0 Å². The number of hydrogen-bond donors (Lipinski definition) is 1. The first kappa shape index (κ1) is 15.9. The maximum absolute atomic E-state index is 12.8. The Morgan fingerprint density at radius 3 is 2.62 bits per heavy atom. The predicted molar refractivity (Wildman–Crippen MR) is 75.2 cm³/mol. The molecule has 0 saturated carbocycles. The van der Waals surface area contributed by atoms with Crippen molar-refractivity contribution in [1.29, 1.82) is 0 Å². The highest BCUT2D eigenvalue weighted by Gasteiger charge is 2.33. The number of aliphatic hydroxyl groups excluding tert-OH is 1. The van der Waals surface area contributed by atoms with Gasteiger partial charge in [0, 0.05) is 23.8 Å². The van der Waals surface area contributed by atoms with Gasteiger partial charge in [-0.05, 0) is 30.2 Å². The lowest BCUT2D eigenvalue weighted by Crippen LogP contribution is -2.14. The molecule has 1 aromatic rings. The number of carbonyl (C=O) groups is 1. The molecule has 1 aliphatic carbocycles. The number of halogens is 3. The maximum atomic E-state index is 12.8. The van der Waals surface area contributed by atoms with Crippen molar-refractivity contribution in [3.8, 4) is 0 Å². The van der Waals surface area contributed by atoms with Crippen LogP contribution in [0.4, 0.5) is 13.2 Å². The zero-order chi connectivity index (χ0) is 15.5. The molecular formula is C15H15F3O2S. The maximum Gasteiger partial charge on any atom is 0.417 e. The van der Waals surface area contributed by atoms with E-state index in [0.29, 0.717) is 25.0 Å². The first-order chi connectivity index (χ1) is 9.86. The van der Waals surface area contributed by atoms with Gasteiger partial charge in [0.15, 0.2) is 5.78 Å². The molecule has 1 atom stereocenters. The number of ketones is 1. The Morgan fingerprint density at radius 2 is 1.95 bits per heavy atom. The number of alkyl halides is 3. The van der Waals surface area contributed by atoms with Crippen LogP contribution in [0.15, 0.2) is 41.0 Å². The zero-order valence-corrected chi connectivity index (χ0v) is 12.0. The normalized spacial score (nSPS) is 19.5. The van der Waals surface area contributed by atoms with Crippen LogP contribution in [0, 0.1) is 5.92 Å². The van der Waals surface area contributed by atoms with E-state index < -0.39 is 11.7 Å². The topological polar surface area (TPSA) is 37.3 Å². The number of rotatable bonds is 4. The molecule has 0 radical (unpaired) electrons. The molecule has 0 aromatic heterocycles. The molecule has 0 aliphatic heterocycles. The molecule has 0 spiro atoms. The minimum absolute atomic E-state index is 0.00745. The second-order valence-corrected chi connectivity index (χ2v) is 6.14. The van der Waals surface area contributed by atoms with Gasteiger partial charge >= 0.3 is 6.18 Å². The van der Waals surface area contributed by atoms with E-state index in [2.05, 4.69) is 0 Å². The van der Waals surface area contributed by atoms with Crippen LogP contribution in [0.2, 0.25) is 0 Å². The van der Waals surface area contributed by atoms with Crippen LogP contribution < -0.4 is 0 Å². The fraction of sp³-hybridized carbons (Fsp3) is 0.400. The van der Waals surface area contributed by atoms with Gasteiger partial charge in [-0.2, -0.15) is 13.2 Å². The fourth-order valence-electron chi connectivity index (χ4n) is 2.32. The van der Waals surface area contributed by atoms with E-state index in [1.165, 1.54) is 18.2 Å². The Hall–Kier alpha value is -1.43. The lowest BCUT2D eigenvalue weighted by Gasteiger charge is -2.19. The lowest BCUT2D eigenvalue weighted by atomic mass is 9.90. The molecule has 0 bridgehead atoms. The van der Waals surface area contributed by atoms with Crippen LogP contribution in [0.3, 0.4) is 0 Å². The third-order valence-electron chi connectivity index (χ3n) is 3.29. The Balaban J connectivity index is 1.93. The predicted octanol–water partition coefficient (Wildman–Crippen LogP) is 4.61. The van der Waals surface area contributed by atoms with E-state index in [1.807, 2.05) is 0 Å². The molecule has 1 aliphatic rings. The molecule has 2 nitrogen and oxygen atoms in total. The van der Waals surface area contributed by atoms with Crippen LogP contribution in [0.5, 0.6) is 0 Å². The second kappa shape index (κ2) is 6.56. The molecule has 6 heteroatoms. The average molecular weight is 316 g/mol. The Morgan fingerprint density at radius 1 is 1.24 bits per heavy atom. The molecule has 1 N–H and O–H groups in total. The summed E-state index contributed by atoms with van der Waals surface area (Å²) in [6, 6.07) is 5.48. The smallest absolute Gasteiger partial charge is 0.417 e. The number of hydrogen-bond acceptors (Lipinski definition) is 3. The number of allylic oxidation sites excluding steroid dienone is 2. The van der Waals surface area contributed by atoms with Crippen molar-refractivity contribution in [3.05, 3.63) is 41.7 Å². The highest BCUT2D eigenvalue weighted by atomic mass is 32.2. The number of benzene rings is 1. The minimum Gasteiger partial charge on any atom is -0.512 e. The van der Waals surface area contributed by atoms with Gasteiger partial charge in [0.25, 0.3) is 0 Å². The highest BCUT2D eigenvalue weighted by Crippen LogP contribution is 2.37. The molecular weight excluding hydrogens is 301 g/mol. The summed E-state index contributed by atoms with van der Waals surface area (Å²) in [5, 5.41) is 9.40. The summed E-state index contributed by atoms with van der Waals surface area (Å²) in [5.74, 6) is 0.438. The van der Waals surface area contributed by atoms with Crippen LogP contribution in [0.25, 0.3) is 0 Å². The van der Waals surface area contributed by atoms with Crippen LogP contribution in [-0.4, -0.2) is 16.6 Å². The number of carbonyl (C=O) groups excluding carboxylic acids is 1. The third-order valence-corrected chi connectivity index (χ3v) is 4.40. The molecule has 1 aromatic carbocycles. The monoisotopic (exact) mass is 316 g/mol. The van der Waals surface area contributed by atoms with Crippen molar-refractivity contribution >= 4 is 17.5 Å². The van der Waals surface area contributed by atoms with Crippen molar-refractivity contribution in [2.45, 2.75) is 30.3 Å². The standard InChI is InChI=1S/C15H15F3O2S/c16-15(17,18)13-3-1-2-4-14(13)21-6-5-10-7-11(19)9-12(20)8-10/h1-4,9-10,19H,5-8H2. The molecule has 0 fully saturated rings. The average Bonchev–Trinajstić information content (AvgIpc) is 2.37. The summed E-state index contributed by atoms with van der Waals surface area (Å²) in [6.07, 6.45) is -1.76. The molecule has 114 valence electrons. The van der Waals surface area contributed by atoms with Crippen LogP contribution in [-0.2, 0) is 11.0 Å². The quantitative estimate of drug-likeness (QED) is 0.824. The van der Waals surface area contributed by atoms with Crippen molar-refractivity contribution in [3.63, 3.8) is 0 Å².